The smallest absolute Gasteiger partial charge is 0.254 e. The number of rotatable bonds is 3. The first kappa shape index (κ1) is 15.0. The summed E-state index contributed by atoms with van der Waals surface area (Å²) in [5, 5.41) is 7.93. The summed E-state index contributed by atoms with van der Waals surface area (Å²) in [7, 11) is 2.13. The molecule has 1 amide bonds. The Morgan fingerprint density at radius 2 is 2.23 bits per heavy atom. The van der Waals surface area contributed by atoms with Crippen LogP contribution in [0.25, 0.3) is 10.9 Å². The number of hydrogen-bond acceptors (Lipinski definition) is 3. The molecule has 118 valence electrons. The summed E-state index contributed by atoms with van der Waals surface area (Å²) in [5.41, 5.74) is 1.72. The van der Waals surface area contributed by atoms with Crippen LogP contribution in [0.3, 0.4) is 0 Å². The molecule has 1 aromatic heterocycles. The third kappa shape index (κ3) is 2.99. The molecular weight excluding hydrogens is 276 g/mol. The molecule has 0 bridgehead atoms. The van der Waals surface area contributed by atoms with Crippen molar-refractivity contribution < 1.29 is 4.79 Å². The Morgan fingerprint density at radius 1 is 1.41 bits per heavy atom. The van der Waals surface area contributed by atoms with Crippen molar-refractivity contribution >= 4 is 16.8 Å². The third-order valence-electron chi connectivity index (χ3n) is 4.38. The van der Waals surface area contributed by atoms with Crippen molar-refractivity contribution in [2.24, 2.45) is 5.92 Å². The van der Waals surface area contributed by atoms with Crippen LogP contribution in [-0.4, -0.2) is 58.6 Å². The Hall–Kier alpha value is -1.88. The van der Waals surface area contributed by atoms with E-state index >= 15 is 0 Å². The van der Waals surface area contributed by atoms with Crippen LogP contribution in [0.4, 0.5) is 0 Å². The molecule has 1 aromatic carbocycles. The quantitative estimate of drug-likeness (QED) is 0.947. The van der Waals surface area contributed by atoms with Gasteiger partial charge in [-0.15, -0.1) is 0 Å². The lowest BCUT2D eigenvalue weighted by Crippen LogP contribution is -2.54. The highest BCUT2D eigenvalue weighted by Crippen LogP contribution is 2.21. The van der Waals surface area contributed by atoms with Gasteiger partial charge in [0.25, 0.3) is 5.91 Å². The lowest BCUT2D eigenvalue weighted by atomic mass is 9.99. The molecule has 0 aliphatic carbocycles. The maximum atomic E-state index is 12.9. The zero-order valence-corrected chi connectivity index (χ0v) is 13.5. The highest BCUT2D eigenvalue weighted by Gasteiger charge is 2.30. The zero-order valence-electron chi connectivity index (χ0n) is 13.5. The van der Waals surface area contributed by atoms with E-state index in [4.69, 9.17) is 0 Å². The monoisotopic (exact) mass is 300 g/mol. The van der Waals surface area contributed by atoms with E-state index in [1.165, 1.54) is 0 Å². The van der Waals surface area contributed by atoms with Crippen LogP contribution in [0.1, 0.15) is 30.6 Å². The van der Waals surface area contributed by atoms with E-state index in [0.717, 1.165) is 42.5 Å². The number of nitrogens with zero attached hydrogens (tertiary/aromatic N) is 3. The summed E-state index contributed by atoms with van der Waals surface area (Å²) in [5.74, 6) is 0.727. The fraction of sp³-hybridized carbons (Fsp3) is 0.529. The molecule has 1 saturated heterocycles. The lowest BCUT2D eigenvalue weighted by Gasteiger charge is -2.41. The highest BCUT2D eigenvalue weighted by molar-refractivity contribution is 5.98. The van der Waals surface area contributed by atoms with Gasteiger partial charge in [0.15, 0.2) is 0 Å². The molecular formula is C17H24N4O. The minimum Gasteiger partial charge on any atom is -0.333 e. The molecule has 5 heteroatoms. The number of aromatic nitrogens is 2. The normalized spacial score (nSPS) is 20.0. The topological polar surface area (TPSA) is 52.2 Å². The largest absolute Gasteiger partial charge is 0.333 e. The van der Waals surface area contributed by atoms with Gasteiger partial charge in [0, 0.05) is 36.6 Å². The van der Waals surface area contributed by atoms with Crippen LogP contribution in [0.5, 0.6) is 0 Å². The molecule has 0 radical (unpaired) electrons. The van der Waals surface area contributed by atoms with Crippen LogP contribution in [-0.2, 0) is 0 Å². The Labute approximate surface area is 131 Å². The number of hydrogen-bond donors (Lipinski definition) is 1. The predicted molar refractivity (Wildman–Crippen MR) is 87.9 cm³/mol. The van der Waals surface area contributed by atoms with Crippen LogP contribution in [0.2, 0.25) is 0 Å². The fourth-order valence-electron chi connectivity index (χ4n) is 3.27. The summed E-state index contributed by atoms with van der Waals surface area (Å²) in [6, 6.07) is 6.06. The van der Waals surface area contributed by atoms with Gasteiger partial charge in [0.05, 0.1) is 11.7 Å². The number of carbonyl (C=O) groups excluding carboxylic acids is 1. The maximum Gasteiger partial charge on any atom is 0.254 e. The van der Waals surface area contributed by atoms with E-state index in [-0.39, 0.29) is 5.91 Å². The summed E-state index contributed by atoms with van der Waals surface area (Å²) in [4.78, 5) is 17.3. The van der Waals surface area contributed by atoms with Crippen LogP contribution < -0.4 is 0 Å². The van der Waals surface area contributed by atoms with Crippen molar-refractivity contribution in [3.05, 3.63) is 30.0 Å². The Morgan fingerprint density at radius 3 is 3.00 bits per heavy atom. The summed E-state index contributed by atoms with van der Waals surface area (Å²) in [6.07, 6.45) is 2.81. The van der Waals surface area contributed by atoms with Gasteiger partial charge in [0.2, 0.25) is 0 Å². The van der Waals surface area contributed by atoms with Gasteiger partial charge >= 0.3 is 0 Å². The van der Waals surface area contributed by atoms with Crippen molar-refractivity contribution in [3.63, 3.8) is 0 Å². The maximum absolute atomic E-state index is 12.9. The molecule has 1 fully saturated rings. The molecule has 0 saturated carbocycles. The second-order valence-electron chi connectivity index (χ2n) is 6.72. The first-order valence-corrected chi connectivity index (χ1v) is 7.97. The van der Waals surface area contributed by atoms with E-state index in [0.29, 0.717) is 12.0 Å². The summed E-state index contributed by atoms with van der Waals surface area (Å²) in [6.45, 7) is 7.13. The van der Waals surface area contributed by atoms with E-state index in [1.54, 1.807) is 6.20 Å². The number of piperazine rings is 1. The molecule has 1 aliphatic heterocycles. The standard InChI is InChI=1S/C17H24N4O/c1-12(2)8-15-11-20(3)6-7-21(15)17(22)13-4-5-16-14(9-13)10-18-19-16/h4-5,9-10,12,15H,6-8,11H2,1-3H3,(H,18,19). The van der Waals surface area contributed by atoms with Gasteiger partial charge in [0.1, 0.15) is 0 Å². The molecule has 2 aromatic rings. The number of likely N-dealkylation sites (N-methyl/N-ethyl adjacent to an activating group) is 1. The first-order chi connectivity index (χ1) is 10.5. The second-order valence-corrected chi connectivity index (χ2v) is 6.72. The van der Waals surface area contributed by atoms with Crippen LogP contribution in [0.15, 0.2) is 24.4 Å². The Bertz CT molecular complexity index is 661. The molecule has 1 aliphatic rings. The van der Waals surface area contributed by atoms with Gasteiger partial charge in [-0.3, -0.25) is 9.89 Å². The predicted octanol–water partition coefficient (Wildman–Crippen LogP) is 2.37. The number of benzene rings is 1. The minimum atomic E-state index is 0.141. The number of fused-ring (bicyclic) bond motifs is 1. The van der Waals surface area contributed by atoms with Crippen molar-refractivity contribution in [2.45, 2.75) is 26.3 Å². The zero-order chi connectivity index (χ0) is 15.7. The molecule has 5 nitrogen and oxygen atoms in total. The second kappa shape index (κ2) is 6.08. The molecule has 0 spiro atoms. The van der Waals surface area contributed by atoms with E-state index in [1.807, 2.05) is 18.2 Å². The van der Waals surface area contributed by atoms with Crippen LogP contribution in [0, 0.1) is 5.92 Å². The van der Waals surface area contributed by atoms with Gasteiger partial charge < -0.3 is 9.80 Å². The van der Waals surface area contributed by atoms with Gasteiger partial charge in [-0.25, -0.2) is 0 Å². The summed E-state index contributed by atoms with van der Waals surface area (Å²) < 4.78 is 0. The molecule has 3 rings (SSSR count). The van der Waals surface area contributed by atoms with Gasteiger partial charge in [-0.1, -0.05) is 13.8 Å². The molecule has 1 N–H and O–H groups in total. The molecule has 1 unspecified atom stereocenters. The first-order valence-electron chi connectivity index (χ1n) is 7.97. The van der Waals surface area contributed by atoms with E-state index < -0.39 is 0 Å². The minimum absolute atomic E-state index is 0.141. The van der Waals surface area contributed by atoms with Crippen LogP contribution >= 0.6 is 0 Å². The Balaban J connectivity index is 1.84. The number of amides is 1. The Kier molecular flexibility index (Phi) is 4.16. The summed E-state index contributed by atoms with van der Waals surface area (Å²) >= 11 is 0. The van der Waals surface area contributed by atoms with Gasteiger partial charge in [-0.05, 0) is 37.6 Å². The van der Waals surface area contributed by atoms with E-state index in [2.05, 4.69) is 40.9 Å². The average Bonchev–Trinajstić information content (AvgIpc) is 2.93. The number of aromatic amines is 1. The number of carbonyl (C=O) groups is 1. The van der Waals surface area contributed by atoms with Crippen molar-refractivity contribution in [1.29, 1.82) is 0 Å². The van der Waals surface area contributed by atoms with E-state index in [9.17, 15) is 4.79 Å². The molecule has 2 heterocycles. The average molecular weight is 300 g/mol. The number of nitrogens with one attached hydrogen (secondary N) is 1. The fourth-order valence-corrected chi connectivity index (χ4v) is 3.27. The van der Waals surface area contributed by atoms with Gasteiger partial charge in [-0.2, -0.15) is 5.10 Å². The SMILES string of the molecule is CC(C)CC1CN(C)CCN1C(=O)c1ccc2[nH]ncc2c1. The van der Waals surface area contributed by atoms with Crippen molar-refractivity contribution in [3.8, 4) is 0 Å². The number of H-pyrrole nitrogens is 1. The van der Waals surface area contributed by atoms with Crippen molar-refractivity contribution in [2.75, 3.05) is 26.7 Å². The highest BCUT2D eigenvalue weighted by atomic mass is 16.2. The lowest BCUT2D eigenvalue weighted by molar-refractivity contribution is 0.0460. The molecule has 22 heavy (non-hydrogen) atoms. The third-order valence-corrected chi connectivity index (χ3v) is 4.38. The van der Waals surface area contributed by atoms with Crippen molar-refractivity contribution in [1.82, 2.24) is 20.0 Å². The molecule has 1 atom stereocenters.